The first kappa shape index (κ1) is 13.9. The molecular weight excluding hydrogens is 200 g/mol. The molecule has 1 aliphatic carbocycles. The maximum atomic E-state index is 5.90. The molecule has 0 heterocycles. The Balaban J connectivity index is 2.20. The first-order valence-corrected chi connectivity index (χ1v) is 6.62. The minimum absolute atomic E-state index is 0.270. The molecular formula is C13H28N2O. The number of rotatable bonds is 7. The van der Waals surface area contributed by atoms with E-state index in [0.29, 0.717) is 18.2 Å². The summed E-state index contributed by atoms with van der Waals surface area (Å²) in [6, 6.07) is 0.937. The van der Waals surface area contributed by atoms with E-state index >= 15 is 0 Å². The largest absolute Gasteiger partial charge is 0.378 e. The molecule has 0 aromatic heterocycles. The van der Waals surface area contributed by atoms with Gasteiger partial charge in [-0.15, -0.1) is 0 Å². The van der Waals surface area contributed by atoms with Crippen molar-refractivity contribution in [1.82, 2.24) is 5.32 Å². The predicted molar refractivity (Wildman–Crippen MR) is 68.5 cm³/mol. The van der Waals surface area contributed by atoms with Gasteiger partial charge >= 0.3 is 0 Å². The molecule has 0 bridgehead atoms. The summed E-state index contributed by atoms with van der Waals surface area (Å²) in [6.45, 7) is 10.6. The van der Waals surface area contributed by atoms with Crippen molar-refractivity contribution in [1.29, 1.82) is 0 Å². The van der Waals surface area contributed by atoms with Crippen molar-refractivity contribution in [3.05, 3.63) is 0 Å². The van der Waals surface area contributed by atoms with Crippen LogP contribution in [-0.2, 0) is 4.74 Å². The monoisotopic (exact) mass is 228 g/mol. The Kier molecular flexibility index (Phi) is 5.22. The molecule has 0 aliphatic heterocycles. The van der Waals surface area contributed by atoms with Crippen molar-refractivity contribution in [2.24, 2.45) is 11.1 Å². The second-order valence-corrected chi connectivity index (χ2v) is 5.46. The summed E-state index contributed by atoms with van der Waals surface area (Å²) in [5, 5.41) is 3.60. The molecule has 1 aliphatic rings. The molecule has 1 saturated carbocycles. The lowest BCUT2D eigenvalue weighted by molar-refractivity contribution is -0.114. The lowest BCUT2D eigenvalue weighted by atomic mass is 9.64. The quantitative estimate of drug-likeness (QED) is 0.700. The van der Waals surface area contributed by atoms with Gasteiger partial charge in [0.25, 0.3) is 0 Å². The van der Waals surface area contributed by atoms with Gasteiger partial charge in [-0.1, -0.05) is 20.8 Å². The van der Waals surface area contributed by atoms with Crippen LogP contribution in [-0.4, -0.2) is 31.3 Å². The number of nitrogens with two attached hydrogens (primary N) is 1. The van der Waals surface area contributed by atoms with Crippen LogP contribution in [0.5, 0.6) is 0 Å². The van der Waals surface area contributed by atoms with Crippen LogP contribution in [0, 0.1) is 5.41 Å². The molecule has 1 fully saturated rings. The summed E-state index contributed by atoms with van der Waals surface area (Å²) in [4.78, 5) is 0. The number of ether oxygens (including phenoxy) is 1. The van der Waals surface area contributed by atoms with E-state index in [-0.39, 0.29) is 5.41 Å². The summed E-state index contributed by atoms with van der Waals surface area (Å²) in [6.07, 6.45) is 3.71. The second-order valence-electron chi connectivity index (χ2n) is 5.46. The Morgan fingerprint density at radius 1 is 1.44 bits per heavy atom. The molecule has 0 amide bonds. The van der Waals surface area contributed by atoms with Gasteiger partial charge in [0.1, 0.15) is 0 Å². The molecule has 3 heteroatoms. The van der Waals surface area contributed by atoms with Crippen LogP contribution in [0.1, 0.15) is 47.0 Å². The van der Waals surface area contributed by atoms with Crippen molar-refractivity contribution in [2.45, 2.75) is 65.1 Å². The molecule has 16 heavy (non-hydrogen) atoms. The molecule has 0 aromatic rings. The van der Waals surface area contributed by atoms with Gasteiger partial charge in [-0.2, -0.15) is 0 Å². The second kappa shape index (κ2) is 5.99. The fourth-order valence-corrected chi connectivity index (χ4v) is 2.36. The van der Waals surface area contributed by atoms with Crippen LogP contribution in [0.25, 0.3) is 0 Å². The van der Waals surface area contributed by atoms with Crippen molar-refractivity contribution in [3.8, 4) is 0 Å². The highest BCUT2D eigenvalue weighted by atomic mass is 16.5. The Morgan fingerprint density at radius 2 is 2.12 bits per heavy atom. The van der Waals surface area contributed by atoms with Crippen molar-refractivity contribution in [3.63, 3.8) is 0 Å². The third-order valence-corrected chi connectivity index (χ3v) is 3.98. The molecule has 3 nitrogen and oxygen atoms in total. The smallest absolute Gasteiger partial charge is 0.0655 e. The van der Waals surface area contributed by atoms with E-state index in [9.17, 15) is 0 Å². The Labute approximate surface area is 100 Å². The third kappa shape index (κ3) is 3.19. The molecule has 96 valence electrons. The molecule has 3 N–H and O–H groups in total. The van der Waals surface area contributed by atoms with Gasteiger partial charge < -0.3 is 15.8 Å². The van der Waals surface area contributed by atoms with Gasteiger partial charge in [0.05, 0.1) is 6.10 Å². The van der Waals surface area contributed by atoms with E-state index in [1.54, 1.807) is 0 Å². The van der Waals surface area contributed by atoms with Gasteiger partial charge in [-0.05, 0) is 32.7 Å². The standard InChI is InChI=1S/C13H28N2O/c1-5-10(14)7-8-15-11-9-12(16-6-2)13(11,3)4/h10-12,15H,5-9,14H2,1-4H3. The van der Waals surface area contributed by atoms with Gasteiger partial charge in [0.15, 0.2) is 0 Å². The molecule has 0 spiro atoms. The molecule has 3 atom stereocenters. The summed E-state index contributed by atoms with van der Waals surface area (Å²) < 4.78 is 5.71. The van der Waals surface area contributed by atoms with E-state index in [1.807, 2.05) is 0 Å². The molecule has 3 unspecified atom stereocenters. The molecule has 0 aromatic carbocycles. The van der Waals surface area contributed by atoms with Crippen molar-refractivity contribution < 1.29 is 4.74 Å². The number of hydrogen-bond acceptors (Lipinski definition) is 3. The number of nitrogens with one attached hydrogen (secondary N) is 1. The molecule has 0 radical (unpaired) electrons. The highest BCUT2D eigenvalue weighted by Gasteiger charge is 2.48. The van der Waals surface area contributed by atoms with Gasteiger partial charge in [0.2, 0.25) is 0 Å². The van der Waals surface area contributed by atoms with E-state index in [0.717, 1.165) is 32.4 Å². The van der Waals surface area contributed by atoms with E-state index in [1.165, 1.54) is 0 Å². The lowest BCUT2D eigenvalue weighted by Gasteiger charge is -2.52. The third-order valence-electron chi connectivity index (χ3n) is 3.98. The van der Waals surface area contributed by atoms with Gasteiger partial charge in [0, 0.05) is 24.1 Å². The fraction of sp³-hybridized carbons (Fsp3) is 1.00. The Hall–Kier alpha value is -0.120. The van der Waals surface area contributed by atoms with Gasteiger partial charge in [-0.25, -0.2) is 0 Å². The van der Waals surface area contributed by atoms with E-state index < -0.39 is 0 Å². The SMILES string of the molecule is CCOC1CC(NCCC(N)CC)C1(C)C. The number of hydrogen-bond donors (Lipinski definition) is 2. The van der Waals surface area contributed by atoms with Crippen LogP contribution >= 0.6 is 0 Å². The minimum Gasteiger partial charge on any atom is -0.378 e. The van der Waals surface area contributed by atoms with Crippen LogP contribution < -0.4 is 11.1 Å². The minimum atomic E-state index is 0.270. The van der Waals surface area contributed by atoms with Crippen molar-refractivity contribution in [2.75, 3.05) is 13.2 Å². The maximum Gasteiger partial charge on any atom is 0.0655 e. The zero-order chi connectivity index (χ0) is 12.2. The Bertz CT molecular complexity index is 206. The predicted octanol–water partition coefficient (Wildman–Crippen LogP) is 1.91. The topological polar surface area (TPSA) is 47.3 Å². The summed E-state index contributed by atoms with van der Waals surface area (Å²) in [7, 11) is 0. The van der Waals surface area contributed by atoms with Crippen LogP contribution in [0.3, 0.4) is 0 Å². The van der Waals surface area contributed by atoms with Crippen LogP contribution in [0.15, 0.2) is 0 Å². The van der Waals surface area contributed by atoms with Gasteiger partial charge in [-0.3, -0.25) is 0 Å². The van der Waals surface area contributed by atoms with Crippen LogP contribution in [0.2, 0.25) is 0 Å². The first-order chi connectivity index (χ1) is 7.52. The fourth-order valence-electron chi connectivity index (χ4n) is 2.36. The average molecular weight is 228 g/mol. The summed E-state index contributed by atoms with van der Waals surface area (Å²) in [5.41, 5.74) is 6.17. The molecule has 1 rings (SSSR count). The Morgan fingerprint density at radius 3 is 2.62 bits per heavy atom. The van der Waals surface area contributed by atoms with Crippen molar-refractivity contribution >= 4 is 0 Å². The normalized spacial score (nSPS) is 29.8. The lowest BCUT2D eigenvalue weighted by Crippen LogP contribution is -2.61. The maximum absolute atomic E-state index is 5.90. The first-order valence-electron chi connectivity index (χ1n) is 6.62. The highest BCUT2D eigenvalue weighted by Crippen LogP contribution is 2.42. The zero-order valence-corrected chi connectivity index (χ0v) is 11.3. The average Bonchev–Trinajstić information content (AvgIpc) is 2.26. The van der Waals surface area contributed by atoms with E-state index in [4.69, 9.17) is 10.5 Å². The van der Waals surface area contributed by atoms with E-state index in [2.05, 4.69) is 33.0 Å². The van der Waals surface area contributed by atoms with Crippen LogP contribution in [0.4, 0.5) is 0 Å². The summed E-state index contributed by atoms with van der Waals surface area (Å²) >= 11 is 0. The molecule has 0 saturated heterocycles. The highest BCUT2D eigenvalue weighted by molar-refractivity contribution is 5.02. The summed E-state index contributed by atoms with van der Waals surface area (Å²) in [5.74, 6) is 0. The zero-order valence-electron chi connectivity index (χ0n) is 11.3.